The van der Waals surface area contributed by atoms with Gasteiger partial charge in [0, 0.05) is 23.1 Å². The van der Waals surface area contributed by atoms with Gasteiger partial charge in [-0.2, -0.15) is 0 Å². The first-order valence-electron chi connectivity index (χ1n) is 6.93. The second-order valence-corrected chi connectivity index (χ2v) is 5.56. The first-order chi connectivity index (χ1) is 11.0. The maximum absolute atomic E-state index is 12.6. The second kappa shape index (κ2) is 5.78. The Morgan fingerprint density at radius 3 is 2.48 bits per heavy atom. The number of rotatable bonds is 2. The largest absolute Gasteiger partial charge is 0.384 e. The van der Waals surface area contributed by atoms with Crippen LogP contribution in [0.25, 0.3) is 10.9 Å². The van der Waals surface area contributed by atoms with Crippen molar-refractivity contribution in [2.75, 3.05) is 11.1 Å². The van der Waals surface area contributed by atoms with Gasteiger partial charge in [-0.25, -0.2) is 0 Å². The van der Waals surface area contributed by atoms with E-state index in [1.165, 1.54) is 0 Å². The molecule has 0 aliphatic rings. The van der Waals surface area contributed by atoms with Crippen LogP contribution in [-0.4, -0.2) is 10.5 Å². The lowest BCUT2D eigenvalue weighted by molar-refractivity contribution is 0.102. The Morgan fingerprint density at radius 2 is 1.78 bits per heavy atom. The van der Waals surface area contributed by atoms with Gasteiger partial charge in [0.05, 0.1) is 5.52 Å². The molecule has 3 aromatic rings. The molecule has 0 aliphatic heterocycles. The van der Waals surface area contributed by atoms with E-state index in [-0.39, 0.29) is 16.8 Å². The number of anilines is 2. The average Bonchev–Trinajstić information content (AvgIpc) is 2.55. The first kappa shape index (κ1) is 15.1. The van der Waals surface area contributed by atoms with E-state index >= 15 is 0 Å². The fourth-order valence-corrected chi connectivity index (χ4v) is 2.58. The summed E-state index contributed by atoms with van der Waals surface area (Å²) in [5.41, 5.74) is 6.77. The molecule has 0 radical (unpaired) electrons. The standard InChI is InChI=1S/C17H14ClN3O2/c1-21-13-5-3-2-4-12(13)15(22)14(16(21)19)17(23)20-11-8-6-10(18)7-9-11/h2-9H,19H2,1H3,(H,20,23). The highest BCUT2D eigenvalue weighted by Crippen LogP contribution is 2.19. The first-order valence-corrected chi connectivity index (χ1v) is 7.31. The molecule has 0 spiro atoms. The number of aryl methyl sites for hydroxylation is 1. The molecule has 23 heavy (non-hydrogen) atoms. The van der Waals surface area contributed by atoms with Crippen LogP contribution in [0.4, 0.5) is 11.5 Å². The van der Waals surface area contributed by atoms with Crippen LogP contribution in [0.2, 0.25) is 5.02 Å². The van der Waals surface area contributed by atoms with Gasteiger partial charge in [-0.15, -0.1) is 0 Å². The number of aromatic nitrogens is 1. The van der Waals surface area contributed by atoms with Gasteiger partial charge in [0.25, 0.3) is 5.91 Å². The molecule has 3 N–H and O–H groups in total. The monoisotopic (exact) mass is 327 g/mol. The zero-order valence-electron chi connectivity index (χ0n) is 12.3. The second-order valence-electron chi connectivity index (χ2n) is 5.13. The van der Waals surface area contributed by atoms with E-state index < -0.39 is 5.91 Å². The minimum absolute atomic E-state index is 0.0684. The number of carbonyl (C=O) groups excluding carboxylic acids is 1. The van der Waals surface area contributed by atoms with E-state index in [4.69, 9.17) is 17.3 Å². The number of nitrogen functional groups attached to an aromatic ring is 1. The van der Waals surface area contributed by atoms with Crippen LogP contribution in [0.15, 0.2) is 53.3 Å². The summed E-state index contributed by atoms with van der Waals surface area (Å²) in [5.74, 6) is -0.420. The van der Waals surface area contributed by atoms with E-state index in [1.54, 1.807) is 54.1 Å². The molecule has 0 atom stereocenters. The molecule has 6 heteroatoms. The average molecular weight is 328 g/mol. The molecule has 5 nitrogen and oxygen atoms in total. The number of halogens is 1. The van der Waals surface area contributed by atoms with Crippen molar-refractivity contribution >= 4 is 39.9 Å². The minimum atomic E-state index is -0.545. The van der Waals surface area contributed by atoms with Crippen molar-refractivity contribution in [3.8, 4) is 0 Å². The van der Waals surface area contributed by atoms with E-state index in [0.29, 0.717) is 21.6 Å². The van der Waals surface area contributed by atoms with E-state index in [2.05, 4.69) is 5.32 Å². The van der Waals surface area contributed by atoms with Crippen LogP contribution in [0.3, 0.4) is 0 Å². The van der Waals surface area contributed by atoms with Crippen LogP contribution in [0, 0.1) is 0 Å². The molecule has 0 bridgehead atoms. The minimum Gasteiger partial charge on any atom is -0.384 e. The van der Waals surface area contributed by atoms with Gasteiger partial charge in [0.1, 0.15) is 11.4 Å². The number of hydrogen-bond donors (Lipinski definition) is 2. The van der Waals surface area contributed by atoms with Crippen LogP contribution in [0.5, 0.6) is 0 Å². The van der Waals surface area contributed by atoms with Gasteiger partial charge in [-0.05, 0) is 36.4 Å². The number of pyridine rings is 1. The Labute approximate surface area is 137 Å². The molecule has 2 aromatic carbocycles. The number of fused-ring (bicyclic) bond motifs is 1. The predicted octanol–water partition coefficient (Wildman–Crippen LogP) is 3.03. The lowest BCUT2D eigenvalue weighted by Gasteiger charge is -2.13. The zero-order valence-corrected chi connectivity index (χ0v) is 13.1. The summed E-state index contributed by atoms with van der Waals surface area (Å²) in [6, 6.07) is 13.6. The summed E-state index contributed by atoms with van der Waals surface area (Å²) in [5, 5.41) is 3.68. The summed E-state index contributed by atoms with van der Waals surface area (Å²) in [7, 11) is 1.72. The third-order valence-electron chi connectivity index (χ3n) is 3.68. The summed E-state index contributed by atoms with van der Waals surface area (Å²) >= 11 is 5.82. The maximum Gasteiger partial charge on any atom is 0.263 e. The number of nitrogens with zero attached hydrogens (tertiary/aromatic N) is 1. The highest BCUT2D eigenvalue weighted by molar-refractivity contribution is 6.30. The molecule has 1 aromatic heterocycles. The summed E-state index contributed by atoms with van der Waals surface area (Å²) in [4.78, 5) is 25.1. The summed E-state index contributed by atoms with van der Waals surface area (Å²) in [6.45, 7) is 0. The van der Waals surface area contributed by atoms with Gasteiger partial charge in [0.15, 0.2) is 0 Å². The summed E-state index contributed by atoms with van der Waals surface area (Å²) < 4.78 is 1.63. The molecule has 0 aliphatic carbocycles. The van der Waals surface area contributed by atoms with E-state index in [1.807, 2.05) is 6.07 Å². The molecule has 0 unspecified atom stereocenters. The van der Waals surface area contributed by atoms with Crippen LogP contribution in [-0.2, 0) is 7.05 Å². The van der Waals surface area contributed by atoms with Crippen molar-refractivity contribution in [1.29, 1.82) is 0 Å². The van der Waals surface area contributed by atoms with Gasteiger partial charge in [-0.3, -0.25) is 9.59 Å². The smallest absolute Gasteiger partial charge is 0.263 e. The van der Waals surface area contributed by atoms with E-state index in [0.717, 1.165) is 0 Å². The number of nitrogens with one attached hydrogen (secondary N) is 1. The van der Waals surface area contributed by atoms with Crippen molar-refractivity contribution in [2.24, 2.45) is 7.05 Å². The third kappa shape index (κ3) is 2.66. The third-order valence-corrected chi connectivity index (χ3v) is 3.94. The Balaban J connectivity index is 2.10. The van der Waals surface area contributed by atoms with Crippen molar-refractivity contribution in [2.45, 2.75) is 0 Å². The van der Waals surface area contributed by atoms with Gasteiger partial charge < -0.3 is 15.6 Å². The molecule has 1 amide bonds. The van der Waals surface area contributed by atoms with Gasteiger partial charge >= 0.3 is 0 Å². The zero-order chi connectivity index (χ0) is 16.6. The van der Waals surface area contributed by atoms with Crippen molar-refractivity contribution in [3.05, 3.63) is 69.3 Å². The van der Waals surface area contributed by atoms with Crippen molar-refractivity contribution < 1.29 is 4.79 Å². The Morgan fingerprint density at radius 1 is 1.13 bits per heavy atom. The number of carbonyl (C=O) groups is 1. The number of nitrogens with two attached hydrogens (primary N) is 1. The fraction of sp³-hybridized carbons (Fsp3) is 0.0588. The highest BCUT2D eigenvalue weighted by Gasteiger charge is 2.19. The van der Waals surface area contributed by atoms with Gasteiger partial charge in [-0.1, -0.05) is 23.7 Å². The molecule has 0 saturated heterocycles. The predicted molar refractivity (Wildman–Crippen MR) is 93.0 cm³/mol. The molecule has 116 valence electrons. The number of para-hydroxylation sites is 1. The Hall–Kier alpha value is -2.79. The number of benzene rings is 2. The lowest BCUT2D eigenvalue weighted by atomic mass is 10.1. The molecular weight excluding hydrogens is 314 g/mol. The maximum atomic E-state index is 12.6. The quantitative estimate of drug-likeness (QED) is 0.759. The van der Waals surface area contributed by atoms with Crippen molar-refractivity contribution in [1.82, 2.24) is 4.57 Å². The van der Waals surface area contributed by atoms with E-state index in [9.17, 15) is 9.59 Å². The fourth-order valence-electron chi connectivity index (χ4n) is 2.45. The molecule has 0 fully saturated rings. The molecular formula is C17H14ClN3O2. The van der Waals surface area contributed by atoms with Crippen molar-refractivity contribution in [3.63, 3.8) is 0 Å². The van der Waals surface area contributed by atoms with Gasteiger partial charge in [0.2, 0.25) is 5.43 Å². The van der Waals surface area contributed by atoms with Crippen LogP contribution in [0.1, 0.15) is 10.4 Å². The topological polar surface area (TPSA) is 77.1 Å². The molecule has 0 saturated carbocycles. The molecule has 3 rings (SSSR count). The normalized spacial score (nSPS) is 10.7. The SMILES string of the molecule is Cn1c(N)c(C(=O)Nc2ccc(Cl)cc2)c(=O)c2ccccc21. The summed E-state index contributed by atoms with van der Waals surface area (Å²) in [6.07, 6.45) is 0. The Kier molecular flexibility index (Phi) is 3.80. The number of amides is 1. The van der Waals surface area contributed by atoms with Crippen LogP contribution >= 0.6 is 11.6 Å². The highest BCUT2D eigenvalue weighted by atomic mass is 35.5. The Bertz CT molecular complexity index is 962. The number of hydrogen-bond acceptors (Lipinski definition) is 3. The molecule has 1 heterocycles. The lowest BCUT2D eigenvalue weighted by Crippen LogP contribution is -2.26. The van der Waals surface area contributed by atoms with Crippen LogP contribution < -0.4 is 16.5 Å².